The summed E-state index contributed by atoms with van der Waals surface area (Å²) >= 11 is 0. The molecule has 1 aromatic rings. The lowest BCUT2D eigenvalue weighted by molar-refractivity contribution is 0.629. The van der Waals surface area contributed by atoms with E-state index in [0.29, 0.717) is 6.54 Å². The van der Waals surface area contributed by atoms with Crippen LogP contribution in [-0.2, 0) is 6.42 Å². The van der Waals surface area contributed by atoms with E-state index in [-0.39, 0.29) is 11.5 Å². The molecule has 1 aromatic carbocycles. The van der Waals surface area contributed by atoms with Crippen LogP contribution in [0.15, 0.2) is 18.2 Å². The van der Waals surface area contributed by atoms with Gasteiger partial charge in [-0.2, -0.15) is 0 Å². The molecule has 0 unspecified atom stereocenters. The van der Waals surface area contributed by atoms with Gasteiger partial charge in [0.2, 0.25) is 0 Å². The molecule has 66 valence electrons. The summed E-state index contributed by atoms with van der Waals surface area (Å²) in [4.78, 5) is 0. The first-order valence-corrected chi connectivity index (χ1v) is 3.98. The molecule has 2 nitrogen and oxygen atoms in total. The number of rotatable bonds is 3. The fourth-order valence-corrected chi connectivity index (χ4v) is 1.03. The smallest absolute Gasteiger partial charge is 0.146 e. The van der Waals surface area contributed by atoms with Crippen molar-refractivity contribution in [2.24, 2.45) is 5.73 Å². The van der Waals surface area contributed by atoms with Crippen molar-refractivity contribution in [1.29, 1.82) is 0 Å². The Balaban J connectivity index is 2.69. The van der Waals surface area contributed by atoms with E-state index in [1.807, 2.05) is 6.07 Å². The monoisotopic (exact) mass is 168 g/mol. The summed E-state index contributed by atoms with van der Waals surface area (Å²) in [5, 5.41) is 0. The second-order valence-electron chi connectivity index (χ2n) is 2.75. The molecule has 0 fully saturated rings. The van der Waals surface area contributed by atoms with Crippen LogP contribution < -0.4 is 11.5 Å². The standard InChI is InChI=1S/C9H13FN2/c10-8-6-7(2-1-5-11)3-4-9(8)12/h3-4,6H,1-2,5,11-12H2. The van der Waals surface area contributed by atoms with Crippen molar-refractivity contribution in [3.8, 4) is 0 Å². The predicted molar refractivity (Wildman–Crippen MR) is 48.2 cm³/mol. The van der Waals surface area contributed by atoms with Gasteiger partial charge >= 0.3 is 0 Å². The molecule has 0 atom stereocenters. The average Bonchev–Trinajstić information content (AvgIpc) is 2.07. The Morgan fingerprint density at radius 3 is 2.67 bits per heavy atom. The van der Waals surface area contributed by atoms with Gasteiger partial charge in [-0.05, 0) is 37.1 Å². The fourth-order valence-electron chi connectivity index (χ4n) is 1.03. The van der Waals surface area contributed by atoms with Crippen molar-refractivity contribution in [3.05, 3.63) is 29.6 Å². The molecule has 0 radical (unpaired) electrons. The number of nitrogens with two attached hydrogens (primary N) is 2. The van der Waals surface area contributed by atoms with Gasteiger partial charge in [-0.25, -0.2) is 4.39 Å². The van der Waals surface area contributed by atoms with Gasteiger partial charge in [0.1, 0.15) is 5.82 Å². The van der Waals surface area contributed by atoms with E-state index in [9.17, 15) is 4.39 Å². The van der Waals surface area contributed by atoms with E-state index in [1.165, 1.54) is 6.07 Å². The van der Waals surface area contributed by atoms with E-state index in [0.717, 1.165) is 18.4 Å². The lowest BCUT2D eigenvalue weighted by Gasteiger charge is -2.01. The van der Waals surface area contributed by atoms with E-state index in [4.69, 9.17) is 11.5 Å². The third-order valence-electron chi connectivity index (χ3n) is 1.73. The zero-order valence-corrected chi connectivity index (χ0v) is 6.89. The van der Waals surface area contributed by atoms with Crippen LogP contribution in [0.3, 0.4) is 0 Å². The molecule has 0 aliphatic carbocycles. The minimum Gasteiger partial charge on any atom is -0.396 e. The molecule has 4 N–H and O–H groups in total. The lowest BCUT2D eigenvalue weighted by Crippen LogP contribution is -2.01. The summed E-state index contributed by atoms with van der Waals surface area (Å²) in [5.41, 5.74) is 11.8. The molecule has 0 spiro atoms. The molecule has 0 amide bonds. The molecule has 0 aliphatic rings. The Morgan fingerprint density at radius 2 is 2.08 bits per heavy atom. The first-order chi connectivity index (χ1) is 5.74. The molecule has 0 saturated heterocycles. The van der Waals surface area contributed by atoms with Crippen LogP contribution in [0.5, 0.6) is 0 Å². The van der Waals surface area contributed by atoms with Crippen LogP contribution in [0, 0.1) is 5.82 Å². The Bertz CT molecular complexity index is 261. The second kappa shape index (κ2) is 4.07. The normalized spacial score (nSPS) is 10.2. The molecule has 0 saturated carbocycles. The summed E-state index contributed by atoms with van der Waals surface area (Å²) in [7, 11) is 0. The number of benzene rings is 1. The molecular weight excluding hydrogens is 155 g/mol. The van der Waals surface area contributed by atoms with Gasteiger partial charge in [0.05, 0.1) is 5.69 Å². The van der Waals surface area contributed by atoms with Gasteiger partial charge in [-0.15, -0.1) is 0 Å². The van der Waals surface area contributed by atoms with Crippen molar-refractivity contribution in [3.63, 3.8) is 0 Å². The van der Waals surface area contributed by atoms with Crippen molar-refractivity contribution in [1.82, 2.24) is 0 Å². The van der Waals surface area contributed by atoms with Crippen LogP contribution in [-0.4, -0.2) is 6.54 Å². The largest absolute Gasteiger partial charge is 0.396 e. The Hall–Kier alpha value is -1.09. The topological polar surface area (TPSA) is 52.0 Å². The Kier molecular flexibility index (Phi) is 3.05. The maximum absolute atomic E-state index is 12.9. The quantitative estimate of drug-likeness (QED) is 0.668. The number of nitrogen functional groups attached to an aromatic ring is 1. The van der Waals surface area contributed by atoms with Crippen LogP contribution >= 0.6 is 0 Å². The third kappa shape index (κ3) is 2.20. The van der Waals surface area contributed by atoms with E-state index < -0.39 is 0 Å². The first kappa shape index (κ1) is 9.00. The molecule has 0 aliphatic heterocycles. The van der Waals surface area contributed by atoms with Crippen molar-refractivity contribution in [2.45, 2.75) is 12.8 Å². The number of anilines is 1. The summed E-state index contributed by atoms with van der Waals surface area (Å²) in [6.07, 6.45) is 1.69. The maximum Gasteiger partial charge on any atom is 0.146 e. The van der Waals surface area contributed by atoms with Gasteiger partial charge in [0.25, 0.3) is 0 Å². The molecule has 12 heavy (non-hydrogen) atoms. The minimum absolute atomic E-state index is 0.200. The highest BCUT2D eigenvalue weighted by Crippen LogP contribution is 2.12. The minimum atomic E-state index is -0.343. The third-order valence-corrected chi connectivity index (χ3v) is 1.73. The number of aryl methyl sites for hydroxylation is 1. The van der Waals surface area contributed by atoms with Gasteiger partial charge in [-0.3, -0.25) is 0 Å². The number of hydrogen-bond donors (Lipinski definition) is 2. The molecular formula is C9H13FN2. The van der Waals surface area contributed by atoms with E-state index in [1.54, 1.807) is 6.07 Å². The first-order valence-electron chi connectivity index (χ1n) is 3.98. The van der Waals surface area contributed by atoms with Crippen molar-refractivity contribution < 1.29 is 4.39 Å². The van der Waals surface area contributed by atoms with Crippen LogP contribution in [0.1, 0.15) is 12.0 Å². The maximum atomic E-state index is 12.9. The van der Waals surface area contributed by atoms with E-state index >= 15 is 0 Å². The van der Waals surface area contributed by atoms with Gasteiger partial charge in [-0.1, -0.05) is 6.07 Å². The van der Waals surface area contributed by atoms with Crippen LogP contribution in [0.25, 0.3) is 0 Å². The number of hydrogen-bond acceptors (Lipinski definition) is 2. The molecule has 0 bridgehead atoms. The molecule has 0 heterocycles. The highest BCUT2D eigenvalue weighted by molar-refractivity contribution is 5.41. The molecule has 1 rings (SSSR count). The summed E-state index contributed by atoms with van der Waals surface area (Å²) in [6.45, 7) is 0.631. The van der Waals surface area contributed by atoms with Gasteiger partial charge in [0.15, 0.2) is 0 Å². The van der Waals surface area contributed by atoms with Gasteiger partial charge in [0, 0.05) is 0 Å². The van der Waals surface area contributed by atoms with Crippen molar-refractivity contribution in [2.75, 3.05) is 12.3 Å². The highest BCUT2D eigenvalue weighted by Gasteiger charge is 1.98. The average molecular weight is 168 g/mol. The lowest BCUT2D eigenvalue weighted by atomic mass is 10.1. The zero-order valence-electron chi connectivity index (χ0n) is 6.89. The Labute approximate surface area is 71.4 Å². The molecule has 0 aromatic heterocycles. The van der Waals surface area contributed by atoms with E-state index in [2.05, 4.69) is 0 Å². The SMILES string of the molecule is NCCCc1ccc(N)c(F)c1. The summed E-state index contributed by atoms with van der Waals surface area (Å²) in [6, 6.07) is 4.88. The van der Waals surface area contributed by atoms with Crippen molar-refractivity contribution >= 4 is 5.69 Å². The highest BCUT2D eigenvalue weighted by atomic mass is 19.1. The van der Waals surface area contributed by atoms with Gasteiger partial charge < -0.3 is 11.5 Å². The van der Waals surface area contributed by atoms with Crippen LogP contribution in [0.4, 0.5) is 10.1 Å². The zero-order chi connectivity index (χ0) is 8.97. The predicted octanol–water partition coefficient (Wildman–Crippen LogP) is 1.30. The summed E-state index contributed by atoms with van der Waals surface area (Å²) in [5.74, 6) is -0.343. The summed E-state index contributed by atoms with van der Waals surface area (Å²) < 4.78 is 12.9. The number of halogens is 1. The second-order valence-corrected chi connectivity index (χ2v) is 2.75. The Morgan fingerprint density at radius 1 is 1.33 bits per heavy atom. The molecule has 3 heteroatoms. The van der Waals surface area contributed by atoms with Crippen LogP contribution in [0.2, 0.25) is 0 Å². The fraction of sp³-hybridized carbons (Fsp3) is 0.333.